The molecule has 6 nitrogen and oxygen atoms in total. The van der Waals surface area contributed by atoms with Gasteiger partial charge in [-0.1, -0.05) is 55.8 Å². The number of aryl methyl sites for hydroxylation is 1. The van der Waals surface area contributed by atoms with Crippen molar-refractivity contribution in [3.8, 4) is 0 Å². The number of rotatable bonds is 8. The molecule has 3 rings (SSSR count). The van der Waals surface area contributed by atoms with Gasteiger partial charge in [-0.3, -0.25) is 14.4 Å². The standard InChI is InChI=1S/C24H34ClN5O/c1-18(2)16-30-24(25)21(19(3)27-30)10-11-23(31)26-22(20-8-6-5-7-9-20)17-29-14-12-28(4)13-15-29/h5-11,18,22H,12-17H2,1-4H3,(H,26,31)/b11-10+. The third-order valence-electron chi connectivity index (χ3n) is 5.60. The quantitative estimate of drug-likeness (QED) is 0.633. The number of benzene rings is 1. The van der Waals surface area contributed by atoms with Crippen LogP contribution in [0.5, 0.6) is 0 Å². The van der Waals surface area contributed by atoms with Gasteiger partial charge in [-0.05, 0) is 31.5 Å². The zero-order valence-corrected chi connectivity index (χ0v) is 19.8. The molecule has 1 fully saturated rings. The molecule has 1 N–H and O–H groups in total. The topological polar surface area (TPSA) is 53.4 Å². The molecule has 2 aromatic rings. The fraction of sp³-hybridized carbons (Fsp3) is 0.500. The highest BCUT2D eigenvalue weighted by atomic mass is 35.5. The summed E-state index contributed by atoms with van der Waals surface area (Å²) in [6, 6.07) is 10.1. The van der Waals surface area contributed by atoms with E-state index >= 15 is 0 Å². The lowest BCUT2D eigenvalue weighted by molar-refractivity contribution is -0.117. The average molecular weight is 444 g/mol. The zero-order valence-electron chi connectivity index (χ0n) is 19.0. The summed E-state index contributed by atoms with van der Waals surface area (Å²) in [5.74, 6) is 0.313. The second-order valence-electron chi connectivity index (χ2n) is 8.77. The Morgan fingerprint density at radius 1 is 1.16 bits per heavy atom. The van der Waals surface area contributed by atoms with Crippen molar-refractivity contribution in [1.82, 2.24) is 24.9 Å². The lowest BCUT2D eigenvalue weighted by Gasteiger charge is -2.34. The molecule has 168 valence electrons. The van der Waals surface area contributed by atoms with Gasteiger partial charge in [0, 0.05) is 50.9 Å². The van der Waals surface area contributed by atoms with Crippen molar-refractivity contribution in [3.05, 3.63) is 58.4 Å². The Labute approximate surface area is 190 Å². The van der Waals surface area contributed by atoms with Gasteiger partial charge in [0.15, 0.2) is 0 Å². The van der Waals surface area contributed by atoms with E-state index in [0.29, 0.717) is 11.1 Å². The number of amides is 1. The Hall–Kier alpha value is -2.15. The van der Waals surface area contributed by atoms with E-state index < -0.39 is 0 Å². The van der Waals surface area contributed by atoms with Crippen LogP contribution in [0.25, 0.3) is 6.08 Å². The smallest absolute Gasteiger partial charge is 0.244 e. The van der Waals surface area contributed by atoms with E-state index in [1.54, 1.807) is 16.8 Å². The van der Waals surface area contributed by atoms with Gasteiger partial charge in [-0.2, -0.15) is 5.10 Å². The van der Waals surface area contributed by atoms with Crippen molar-refractivity contribution in [3.63, 3.8) is 0 Å². The first kappa shape index (κ1) is 23.5. The summed E-state index contributed by atoms with van der Waals surface area (Å²) in [7, 11) is 2.15. The Kier molecular flexibility index (Phi) is 8.29. The first-order chi connectivity index (χ1) is 14.8. The van der Waals surface area contributed by atoms with Crippen LogP contribution in [0.4, 0.5) is 0 Å². The van der Waals surface area contributed by atoms with Crippen LogP contribution in [0.3, 0.4) is 0 Å². The van der Waals surface area contributed by atoms with Gasteiger partial charge >= 0.3 is 0 Å². The molecule has 1 atom stereocenters. The number of halogens is 1. The molecule has 0 radical (unpaired) electrons. The number of nitrogens with zero attached hydrogens (tertiary/aromatic N) is 4. The second kappa shape index (κ2) is 10.9. The van der Waals surface area contributed by atoms with Gasteiger partial charge in [0.05, 0.1) is 11.7 Å². The van der Waals surface area contributed by atoms with Crippen molar-refractivity contribution in [2.24, 2.45) is 5.92 Å². The van der Waals surface area contributed by atoms with E-state index in [-0.39, 0.29) is 11.9 Å². The zero-order chi connectivity index (χ0) is 22.4. The van der Waals surface area contributed by atoms with Crippen LogP contribution in [0.2, 0.25) is 5.15 Å². The van der Waals surface area contributed by atoms with Crippen molar-refractivity contribution < 1.29 is 4.79 Å². The van der Waals surface area contributed by atoms with Crippen LogP contribution < -0.4 is 5.32 Å². The molecule has 1 aromatic carbocycles. The first-order valence-electron chi connectivity index (χ1n) is 11.0. The van der Waals surface area contributed by atoms with E-state index in [1.165, 1.54) is 0 Å². The number of carbonyl (C=O) groups is 1. The SMILES string of the molecule is Cc1nn(CC(C)C)c(Cl)c1/C=C/C(=O)NC(CN1CCN(C)CC1)c1ccccc1. The number of hydrogen-bond donors (Lipinski definition) is 1. The van der Waals surface area contributed by atoms with Gasteiger partial charge in [0.2, 0.25) is 5.91 Å². The molecule has 0 aliphatic carbocycles. The monoisotopic (exact) mass is 443 g/mol. The van der Waals surface area contributed by atoms with Gasteiger partial charge in [0.25, 0.3) is 0 Å². The van der Waals surface area contributed by atoms with Crippen molar-refractivity contribution in [2.75, 3.05) is 39.8 Å². The fourth-order valence-corrected chi connectivity index (χ4v) is 4.12. The van der Waals surface area contributed by atoms with Gasteiger partial charge < -0.3 is 10.2 Å². The Morgan fingerprint density at radius 3 is 2.48 bits per heavy atom. The third-order valence-corrected chi connectivity index (χ3v) is 6.00. The van der Waals surface area contributed by atoms with E-state index in [0.717, 1.165) is 56.1 Å². The summed E-state index contributed by atoms with van der Waals surface area (Å²) >= 11 is 6.51. The van der Waals surface area contributed by atoms with Crippen LogP contribution in [0.1, 0.15) is 36.7 Å². The van der Waals surface area contributed by atoms with Crippen LogP contribution in [0, 0.1) is 12.8 Å². The number of nitrogens with one attached hydrogen (secondary N) is 1. The van der Waals surface area contributed by atoms with Crippen molar-refractivity contribution >= 4 is 23.6 Å². The molecular weight excluding hydrogens is 410 g/mol. The molecule has 1 aliphatic rings. The maximum atomic E-state index is 12.8. The third kappa shape index (κ3) is 6.66. The molecule has 0 spiro atoms. The van der Waals surface area contributed by atoms with Crippen molar-refractivity contribution in [2.45, 2.75) is 33.4 Å². The number of carbonyl (C=O) groups excluding carboxylic acids is 1. The Balaban J connectivity index is 1.70. The lowest BCUT2D eigenvalue weighted by Crippen LogP contribution is -2.47. The first-order valence-corrected chi connectivity index (χ1v) is 11.4. The van der Waals surface area contributed by atoms with Crippen LogP contribution in [-0.2, 0) is 11.3 Å². The molecule has 1 saturated heterocycles. The van der Waals surface area contributed by atoms with Gasteiger partial charge in [-0.25, -0.2) is 0 Å². The molecule has 1 aliphatic heterocycles. The number of piperazine rings is 1. The van der Waals surface area contributed by atoms with Crippen molar-refractivity contribution in [1.29, 1.82) is 0 Å². The highest BCUT2D eigenvalue weighted by molar-refractivity contribution is 6.31. The molecule has 7 heteroatoms. The molecule has 1 aromatic heterocycles. The summed E-state index contributed by atoms with van der Waals surface area (Å²) in [6.45, 7) is 11.8. The van der Waals surface area contributed by atoms with E-state index in [9.17, 15) is 4.79 Å². The highest BCUT2D eigenvalue weighted by Gasteiger charge is 2.21. The molecule has 31 heavy (non-hydrogen) atoms. The van der Waals surface area contributed by atoms with E-state index in [4.69, 9.17) is 11.6 Å². The summed E-state index contributed by atoms with van der Waals surface area (Å²) < 4.78 is 1.80. The van der Waals surface area contributed by atoms with Crippen LogP contribution in [0.15, 0.2) is 36.4 Å². The number of aromatic nitrogens is 2. The number of likely N-dealkylation sites (N-methyl/N-ethyl adjacent to an activating group) is 1. The summed E-state index contributed by atoms with van der Waals surface area (Å²) in [5, 5.41) is 8.28. The maximum absolute atomic E-state index is 12.8. The molecule has 0 bridgehead atoms. The predicted molar refractivity (Wildman–Crippen MR) is 127 cm³/mol. The van der Waals surface area contributed by atoms with E-state index in [2.05, 4.69) is 53.2 Å². The second-order valence-corrected chi connectivity index (χ2v) is 9.13. The molecule has 1 unspecified atom stereocenters. The predicted octanol–water partition coefficient (Wildman–Crippen LogP) is 3.62. The van der Waals surface area contributed by atoms with Gasteiger partial charge in [0.1, 0.15) is 5.15 Å². The summed E-state index contributed by atoms with van der Waals surface area (Å²) in [5.41, 5.74) is 2.74. The maximum Gasteiger partial charge on any atom is 0.244 e. The van der Waals surface area contributed by atoms with E-state index in [1.807, 2.05) is 25.1 Å². The van der Waals surface area contributed by atoms with Gasteiger partial charge in [-0.15, -0.1) is 0 Å². The average Bonchev–Trinajstić information content (AvgIpc) is 3.00. The summed E-state index contributed by atoms with van der Waals surface area (Å²) in [6.07, 6.45) is 3.34. The minimum atomic E-state index is -0.130. The minimum absolute atomic E-state index is 0.0676. The highest BCUT2D eigenvalue weighted by Crippen LogP contribution is 2.22. The molecule has 2 heterocycles. The summed E-state index contributed by atoms with van der Waals surface area (Å²) in [4.78, 5) is 17.6. The number of hydrogen-bond acceptors (Lipinski definition) is 4. The molecular formula is C24H34ClN5O. The minimum Gasteiger partial charge on any atom is -0.344 e. The Morgan fingerprint density at radius 2 is 1.84 bits per heavy atom. The molecule has 0 saturated carbocycles. The lowest BCUT2D eigenvalue weighted by atomic mass is 10.1. The van der Waals surface area contributed by atoms with Crippen LogP contribution in [-0.4, -0.2) is 65.3 Å². The molecule has 1 amide bonds. The Bertz CT molecular complexity index is 885. The van der Waals surface area contributed by atoms with Crippen LogP contribution >= 0.6 is 11.6 Å². The largest absolute Gasteiger partial charge is 0.344 e. The fourth-order valence-electron chi connectivity index (χ4n) is 3.81. The normalized spacial score (nSPS) is 16.8.